The molecule has 1 aromatic carbocycles. The van der Waals surface area contributed by atoms with Crippen molar-refractivity contribution in [2.45, 2.75) is 51.7 Å². The summed E-state index contributed by atoms with van der Waals surface area (Å²) in [6.45, 7) is 4.60. The maximum absolute atomic E-state index is 15.2. The van der Waals surface area contributed by atoms with E-state index >= 15 is 4.39 Å². The minimum atomic E-state index is -0.922. The molecule has 46 heavy (non-hydrogen) atoms. The first-order valence-electron chi connectivity index (χ1n) is 14.7. The molecular weight excluding hydrogens is 664 g/mol. The van der Waals surface area contributed by atoms with Gasteiger partial charge in [0.15, 0.2) is 0 Å². The summed E-state index contributed by atoms with van der Waals surface area (Å²) >= 11 is 7.05. The fourth-order valence-electron chi connectivity index (χ4n) is 5.13. The monoisotopic (exact) mass is 701 g/mol. The number of halogens is 3. The molecule has 2 aliphatic rings. The lowest BCUT2D eigenvalue weighted by Gasteiger charge is -2.27. The number of anilines is 2. The number of ether oxygens (including phenoxy) is 2. The van der Waals surface area contributed by atoms with Gasteiger partial charge in [0.05, 0.1) is 40.6 Å². The van der Waals surface area contributed by atoms with E-state index < -0.39 is 41.8 Å². The van der Waals surface area contributed by atoms with E-state index in [-0.39, 0.29) is 67.5 Å². The van der Waals surface area contributed by atoms with Crippen molar-refractivity contribution < 1.29 is 37.8 Å². The molecule has 0 spiro atoms. The molecule has 4 rings (SSSR count). The zero-order chi connectivity index (χ0) is 32.7. The van der Waals surface area contributed by atoms with Gasteiger partial charge in [0.25, 0.3) is 11.8 Å². The molecule has 5 amide bonds. The normalized spacial score (nSPS) is 17.1. The van der Waals surface area contributed by atoms with Gasteiger partial charge < -0.3 is 25.4 Å². The summed E-state index contributed by atoms with van der Waals surface area (Å²) < 4.78 is 26.2. The third-order valence-corrected chi connectivity index (χ3v) is 8.59. The Hall–Kier alpha value is -3.30. The number of amides is 5. The van der Waals surface area contributed by atoms with Crippen molar-refractivity contribution >= 4 is 76.4 Å². The van der Waals surface area contributed by atoms with Crippen LogP contribution in [0.25, 0.3) is 0 Å². The van der Waals surface area contributed by atoms with Crippen LogP contribution in [0.5, 0.6) is 0 Å². The van der Waals surface area contributed by atoms with Crippen LogP contribution in [-0.4, -0.2) is 86.2 Å². The molecule has 16 heteroatoms. The van der Waals surface area contributed by atoms with Gasteiger partial charge in [0.1, 0.15) is 18.5 Å². The molecule has 1 aromatic heterocycles. The minimum absolute atomic E-state index is 0. The zero-order valence-corrected chi connectivity index (χ0v) is 27.9. The number of carbonyl (C=O) groups excluding carboxylic acids is 5. The number of morpholine rings is 1. The number of carbonyl (C=O) groups is 5. The molecule has 0 aliphatic carbocycles. The van der Waals surface area contributed by atoms with E-state index in [1.165, 1.54) is 29.2 Å². The second kappa shape index (κ2) is 17.0. The number of hydrogen-bond acceptors (Lipinski definition) is 9. The van der Waals surface area contributed by atoms with E-state index in [9.17, 15) is 24.0 Å². The lowest BCUT2D eigenvalue weighted by molar-refractivity contribution is -0.129. The number of nitrogens with zero attached hydrogens (tertiary/aromatic N) is 3. The number of thiophene rings is 1. The van der Waals surface area contributed by atoms with Crippen molar-refractivity contribution in [1.29, 1.82) is 0 Å². The van der Waals surface area contributed by atoms with Gasteiger partial charge in [-0.15, -0.1) is 23.7 Å². The summed E-state index contributed by atoms with van der Waals surface area (Å²) in [5.74, 6) is -2.25. The average molecular weight is 703 g/mol. The Morgan fingerprint density at radius 3 is 2.57 bits per heavy atom. The van der Waals surface area contributed by atoms with Crippen LogP contribution in [0.4, 0.5) is 20.6 Å². The van der Waals surface area contributed by atoms with E-state index in [0.29, 0.717) is 42.4 Å². The highest BCUT2D eigenvalue weighted by atomic mass is 35.5. The number of nitrogens with one attached hydrogen (secondary N) is 1. The Morgan fingerprint density at radius 1 is 1.17 bits per heavy atom. The van der Waals surface area contributed by atoms with Crippen LogP contribution in [-0.2, 0) is 23.9 Å². The van der Waals surface area contributed by atoms with Crippen LogP contribution >= 0.6 is 35.3 Å². The highest BCUT2D eigenvalue weighted by Crippen LogP contribution is 2.30. The van der Waals surface area contributed by atoms with Gasteiger partial charge in [-0.3, -0.25) is 29.0 Å². The molecule has 0 radical (unpaired) electrons. The van der Waals surface area contributed by atoms with Gasteiger partial charge in [-0.2, -0.15) is 0 Å². The van der Waals surface area contributed by atoms with Crippen molar-refractivity contribution in [2.75, 3.05) is 49.2 Å². The van der Waals surface area contributed by atoms with Crippen LogP contribution in [0.15, 0.2) is 30.3 Å². The SMILES string of the molecule is CC(C)C[C@H](NCCCCC(=O)N(C[C@H]1CN(c2ccc(N3CCOCC3=O)cc2F)C(=O)O1)C(=O)c1ccc(Cl)s1)C(N)=O.Cl. The first-order chi connectivity index (χ1) is 21.4. The van der Waals surface area contributed by atoms with Crippen molar-refractivity contribution in [3.8, 4) is 0 Å². The lowest BCUT2D eigenvalue weighted by Crippen LogP contribution is -2.43. The van der Waals surface area contributed by atoms with Crippen LogP contribution < -0.4 is 20.9 Å². The van der Waals surface area contributed by atoms with Gasteiger partial charge in [-0.05, 0) is 62.1 Å². The number of imide groups is 1. The summed E-state index contributed by atoms with van der Waals surface area (Å²) in [5, 5.41) is 3.12. The molecule has 0 bridgehead atoms. The average Bonchev–Trinajstić information content (AvgIpc) is 3.59. The second-order valence-electron chi connectivity index (χ2n) is 11.3. The van der Waals surface area contributed by atoms with Crippen molar-refractivity contribution in [1.82, 2.24) is 10.2 Å². The van der Waals surface area contributed by atoms with E-state index in [2.05, 4.69) is 5.32 Å². The predicted molar refractivity (Wildman–Crippen MR) is 174 cm³/mol. The molecule has 2 atom stereocenters. The second-order valence-corrected chi connectivity index (χ2v) is 13.0. The molecule has 2 aromatic rings. The lowest BCUT2D eigenvalue weighted by atomic mass is 10.0. The van der Waals surface area contributed by atoms with E-state index in [0.717, 1.165) is 21.1 Å². The molecule has 3 heterocycles. The summed E-state index contributed by atoms with van der Waals surface area (Å²) in [4.78, 5) is 67.1. The quantitative estimate of drug-likeness (QED) is 0.281. The first kappa shape index (κ1) is 37.2. The smallest absolute Gasteiger partial charge is 0.414 e. The summed E-state index contributed by atoms with van der Waals surface area (Å²) in [5.41, 5.74) is 5.76. The first-order valence-corrected chi connectivity index (χ1v) is 15.9. The number of unbranched alkanes of at least 4 members (excludes halogenated alkanes) is 1. The Balaban J connectivity index is 0.00000576. The van der Waals surface area contributed by atoms with Crippen LogP contribution in [0.1, 0.15) is 49.2 Å². The number of nitrogens with two attached hydrogens (primary N) is 1. The zero-order valence-electron chi connectivity index (χ0n) is 25.5. The van der Waals surface area contributed by atoms with E-state index in [4.69, 9.17) is 26.8 Å². The molecule has 2 aliphatic heterocycles. The van der Waals surface area contributed by atoms with Gasteiger partial charge in [-0.1, -0.05) is 25.4 Å². The molecule has 0 unspecified atom stereocenters. The van der Waals surface area contributed by atoms with Gasteiger partial charge >= 0.3 is 6.09 Å². The third-order valence-electron chi connectivity index (χ3n) is 7.37. The Kier molecular flexibility index (Phi) is 13.8. The van der Waals surface area contributed by atoms with Crippen LogP contribution in [0.3, 0.4) is 0 Å². The number of cyclic esters (lactones) is 1. The van der Waals surface area contributed by atoms with Crippen LogP contribution in [0.2, 0.25) is 4.34 Å². The Labute approximate surface area is 281 Å². The molecule has 252 valence electrons. The molecule has 3 N–H and O–H groups in total. The summed E-state index contributed by atoms with van der Waals surface area (Å²) in [6.07, 6.45) is -0.150. The molecular formula is C30H38Cl2FN5O7S. The van der Waals surface area contributed by atoms with Gasteiger partial charge in [0.2, 0.25) is 11.8 Å². The van der Waals surface area contributed by atoms with E-state index in [1.54, 1.807) is 6.07 Å². The third kappa shape index (κ3) is 9.61. The molecule has 2 fully saturated rings. The number of primary amides is 1. The predicted octanol–water partition coefficient (Wildman–Crippen LogP) is 3.98. The maximum Gasteiger partial charge on any atom is 0.414 e. The number of hydrogen-bond donors (Lipinski definition) is 2. The van der Waals surface area contributed by atoms with Crippen LogP contribution in [0, 0.1) is 11.7 Å². The fourth-order valence-corrected chi connectivity index (χ4v) is 6.13. The van der Waals surface area contributed by atoms with E-state index in [1.807, 2.05) is 13.8 Å². The fraction of sp³-hybridized carbons (Fsp3) is 0.500. The van der Waals surface area contributed by atoms with Gasteiger partial charge in [0, 0.05) is 18.7 Å². The summed E-state index contributed by atoms with van der Waals surface area (Å²) in [6, 6.07) is 6.69. The largest absolute Gasteiger partial charge is 0.442 e. The number of rotatable bonds is 14. The number of benzene rings is 1. The molecule has 2 saturated heterocycles. The Bertz CT molecular complexity index is 1430. The highest BCUT2D eigenvalue weighted by Gasteiger charge is 2.38. The topological polar surface area (TPSA) is 152 Å². The van der Waals surface area contributed by atoms with Gasteiger partial charge in [-0.25, -0.2) is 9.18 Å². The molecule has 0 saturated carbocycles. The van der Waals surface area contributed by atoms with Crippen molar-refractivity contribution in [3.63, 3.8) is 0 Å². The van der Waals surface area contributed by atoms with Crippen molar-refractivity contribution in [3.05, 3.63) is 45.4 Å². The minimum Gasteiger partial charge on any atom is -0.442 e. The standard InChI is InChI=1S/C30H37ClFN5O7S.ClH/c1-18(2)13-22(28(33)40)34-10-4-3-5-26(38)37(29(41)24-8-9-25(31)45-24)16-20-15-36(30(42)44-20)23-7-6-19(14-21(23)32)35-11-12-43-17-27(35)39;/h6-9,14,18,20,22,34H,3-5,10-13,15-17H2,1-2H3,(H2,33,40);1H/t20-,22+;/m1./s1. The van der Waals surface area contributed by atoms with Crippen molar-refractivity contribution in [2.24, 2.45) is 11.7 Å². The highest BCUT2D eigenvalue weighted by molar-refractivity contribution is 7.18. The molecule has 12 nitrogen and oxygen atoms in total. The summed E-state index contributed by atoms with van der Waals surface area (Å²) in [7, 11) is 0. The Morgan fingerprint density at radius 2 is 1.93 bits per heavy atom. The maximum atomic E-state index is 15.2.